The lowest BCUT2D eigenvalue weighted by atomic mass is 10.1. The van der Waals surface area contributed by atoms with E-state index in [-0.39, 0.29) is 0 Å². The molecule has 16 heavy (non-hydrogen) atoms. The van der Waals surface area contributed by atoms with Gasteiger partial charge in [-0.25, -0.2) is 9.59 Å². The Morgan fingerprint density at radius 3 is 1.81 bits per heavy atom. The summed E-state index contributed by atoms with van der Waals surface area (Å²) in [6.45, 7) is 0. The maximum absolute atomic E-state index is 11.4. The lowest BCUT2D eigenvalue weighted by molar-refractivity contribution is 0.0596. The van der Waals surface area contributed by atoms with Gasteiger partial charge in [0.2, 0.25) is 0 Å². The lowest BCUT2D eigenvalue weighted by Crippen LogP contribution is -2.10. The summed E-state index contributed by atoms with van der Waals surface area (Å²) in [7, 11) is 2.58. The minimum Gasteiger partial charge on any atom is -0.465 e. The summed E-state index contributed by atoms with van der Waals surface area (Å²) in [4.78, 5) is 22.9. The van der Waals surface area contributed by atoms with Crippen molar-refractivity contribution in [2.75, 3.05) is 14.2 Å². The van der Waals surface area contributed by atoms with Crippen LogP contribution in [0.25, 0.3) is 0 Å². The Kier molecular flexibility index (Phi) is 4.72. The third-order valence-electron chi connectivity index (χ3n) is 1.85. The zero-order chi connectivity index (χ0) is 12.3. The van der Waals surface area contributed by atoms with Gasteiger partial charge in [-0.1, -0.05) is 15.9 Å². The molecule has 0 radical (unpaired) electrons. The molecule has 4 nitrogen and oxygen atoms in total. The Morgan fingerprint density at radius 2 is 1.50 bits per heavy atom. The number of methoxy groups -OCH3 is 2. The number of halogens is 2. The molecule has 0 fully saturated rings. The number of rotatable bonds is 2. The van der Waals surface area contributed by atoms with Gasteiger partial charge >= 0.3 is 11.9 Å². The average Bonchev–Trinajstić information content (AvgIpc) is 2.29. The molecule has 0 amide bonds. The maximum Gasteiger partial charge on any atom is 0.338 e. The monoisotopic (exact) mass is 398 g/mol. The Balaban J connectivity index is 3.37. The fraction of sp³-hybridized carbons (Fsp3) is 0.200. The molecule has 6 heteroatoms. The molecule has 0 saturated carbocycles. The van der Waals surface area contributed by atoms with Gasteiger partial charge in [0.15, 0.2) is 0 Å². The molecule has 1 aromatic rings. The van der Waals surface area contributed by atoms with Gasteiger partial charge in [-0.05, 0) is 34.7 Å². The molecule has 0 aliphatic rings. The van der Waals surface area contributed by atoms with E-state index < -0.39 is 11.9 Å². The molecule has 0 aliphatic heterocycles. The van der Waals surface area contributed by atoms with Gasteiger partial charge in [-0.15, -0.1) is 0 Å². The van der Waals surface area contributed by atoms with Crippen LogP contribution in [0.5, 0.6) is 0 Å². The normalized spacial score (nSPS) is 9.75. The number of esters is 2. The van der Waals surface area contributed by atoms with Crippen molar-refractivity contribution in [3.8, 4) is 0 Å². The fourth-order valence-electron chi connectivity index (χ4n) is 1.11. The van der Waals surface area contributed by atoms with Crippen LogP contribution in [0.4, 0.5) is 0 Å². The second kappa shape index (κ2) is 5.62. The van der Waals surface area contributed by atoms with E-state index in [0.29, 0.717) is 19.2 Å². The minimum absolute atomic E-state index is 0.331. The van der Waals surface area contributed by atoms with Crippen molar-refractivity contribution in [1.82, 2.24) is 0 Å². The van der Waals surface area contributed by atoms with Crippen molar-refractivity contribution < 1.29 is 19.1 Å². The Hall–Kier alpha value is -0.630. The van der Waals surface area contributed by atoms with Crippen LogP contribution in [0.2, 0.25) is 0 Å². The van der Waals surface area contributed by atoms with Crippen molar-refractivity contribution in [2.45, 2.75) is 0 Å². The Bertz CT molecular complexity index is 407. The van der Waals surface area contributed by atoms with Crippen LogP contribution in [0.1, 0.15) is 20.7 Å². The summed E-state index contributed by atoms with van der Waals surface area (Å²) in [6.07, 6.45) is 0. The average molecular weight is 399 g/mol. The van der Waals surface area contributed by atoms with Crippen molar-refractivity contribution in [2.24, 2.45) is 0 Å². The molecule has 86 valence electrons. The smallest absolute Gasteiger partial charge is 0.338 e. The highest BCUT2D eigenvalue weighted by atomic mass is 127. The minimum atomic E-state index is -0.490. The van der Waals surface area contributed by atoms with Crippen LogP contribution < -0.4 is 0 Å². The van der Waals surface area contributed by atoms with Crippen LogP contribution in [-0.4, -0.2) is 26.2 Å². The molecule has 1 rings (SSSR count). The third-order valence-corrected chi connectivity index (χ3v) is 3.47. The van der Waals surface area contributed by atoms with E-state index >= 15 is 0 Å². The van der Waals surface area contributed by atoms with E-state index in [9.17, 15) is 9.59 Å². The molecule has 0 aromatic heterocycles. The number of carbonyl (C=O) groups excluding carboxylic acids is 2. The first-order valence-corrected chi connectivity index (χ1v) is 6.04. The number of hydrogen-bond donors (Lipinski definition) is 0. The molecular weight excluding hydrogens is 391 g/mol. The van der Waals surface area contributed by atoms with Gasteiger partial charge in [-0.3, -0.25) is 0 Å². The molecular formula is C10H8BrIO4. The fourth-order valence-corrected chi connectivity index (χ4v) is 2.32. The maximum atomic E-state index is 11.4. The first-order chi connectivity index (χ1) is 7.51. The standard InChI is InChI=1S/C10H8BrIO4/c1-15-9(13)6-3-5(11)4-7(8(6)12)10(14)16-2/h3-4H,1-2H3. The topological polar surface area (TPSA) is 52.6 Å². The first-order valence-electron chi connectivity index (χ1n) is 4.17. The summed E-state index contributed by atoms with van der Waals surface area (Å²) in [5.74, 6) is -0.980. The molecule has 0 atom stereocenters. The van der Waals surface area contributed by atoms with Crippen LogP contribution in [0, 0.1) is 3.57 Å². The molecule has 0 unspecified atom stereocenters. The summed E-state index contributed by atoms with van der Waals surface area (Å²) in [6, 6.07) is 3.19. The zero-order valence-corrected chi connectivity index (χ0v) is 12.3. The molecule has 0 saturated heterocycles. The SMILES string of the molecule is COC(=O)c1cc(Br)cc(C(=O)OC)c1I. The number of ether oxygens (including phenoxy) is 2. The van der Waals surface area contributed by atoms with Crippen LogP contribution in [0.15, 0.2) is 16.6 Å². The van der Waals surface area contributed by atoms with Gasteiger partial charge in [0.1, 0.15) is 0 Å². The summed E-state index contributed by atoms with van der Waals surface area (Å²) >= 11 is 5.14. The summed E-state index contributed by atoms with van der Waals surface area (Å²) < 4.78 is 10.4. The Morgan fingerprint density at radius 1 is 1.12 bits per heavy atom. The third kappa shape index (κ3) is 2.73. The predicted octanol–water partition coefficient (Wildman–Crippen LogP) is 2.63. The van der Waals surface area contributed by atoms with Crippen molar-refractivity contribution >= 4 is 50.5 Å². The lowest BCUT2D eigenvalue weighted by Gasteiger charge is -2.08. The van der Waals surface area contributed by atoms with Crippen LogP contribution in [0.3, 0.4) is 0 Å². The molecule has 0 aliphatic carbocycles. The van der Waals surface area contributed by atoms with E-state index in [1.807, 2.05) is 22.6 Å². The van der Waals surface area contributed by atoms with E-state index in [0.717, 1.165) is 0 Å². The van der Waals surface area contributed by atoms with Gasteiger partial charge in [-0.2, -0.15) is 0 Å². The van der Waals surface area contributed by atoms with Crippen molar-refractivity contribution in [1.29, 1.82) is 0 Å². The Labute approximate surface area is 115 Å². The predicted molar refractivity (Wildman–Crippen MR) is 69.5 cm³/mol. The van der Waals surface area contributed by atoms with E-state index in [1.54, 1.807) is 12.1 Å². The summed E-state index contributed by atoms with van der Waals surface area (Å²) in [5.41, 5.74) is 0.663. The second-order valence-electron chi connectivity index (χ2n) is 2.80. The van der Waals surface area contributed by atoms with E-state index in [2.05, 4.69) is 25.4 Å². The zero-order valence-electron chi connectivity index (χ0n) is 8.54. The molecule has 1 aromatic carbocycles. The van der Waals surface area contributed by atoms with Crippen LogP contribution in [-0.2, 0) is 9.47 Å². The number of hydrogen-bond acceptors (Lipinski definition) is 4. The van der Waals surface area contributed by atoms with Gasteiger partial charge < -0.3 is 9.47 Å². The summed E-state index contributed by atoms with van der Waals surface area (Å²) in [5, 5.41) is 0. The second-order valence-corrected chi connectivity index (χ2v) is 4.79. The van der Waals surface area contributed by atoms with Gasteiger partial charge in [0.25, 0.3) is 0 Å². The van der Waals surface area contributed by atoms with Gasteiger partial charge in [0.05, 0.1) is 25.3 Å². The highest BCUT2D eigenvalue weighted by molar-refractivity contribution is 14.1. The molecule has 0 heterocycles. The van der Waals surface area contributed by atoms with Crippen LogP contribution >= 0.6 is 38.5 Å². The first kappa shape index (κ1) is 13.4. The highest BCUT2D eigenvalue weighted by Gasteiger charge is 2.19. The molecule has 0 spiro atoms. The highest BCUT2D eigenvalue weighted by Crippen LogP contribution is 2.24. The number of carbonyl (C=O) groups is 2. The number of benzene rings is 1. The molecule has 0 bridgehead atoms. The molecule has 0 N–H and O–H groups in total. The quantitative estimate of drug-likeness (QED) is 0.567. The van der Waals surface area contributed by atoms with Crippen molar-refractivity contribution in [3.05, 3.63) is 31.3 Å². The largest absolute Gasteiger partial charge is 0.465 e. The van der Waals surface area contributed by atoms with E-state index in [4.69, 9.17) is 0 Å². The van der Waals surface area contributed by atoms with Gasteiger partial charge in [0, 0.05) is 8.04 Å². The van der Waals surface area contributed by atoms with E-state index in [1.165, 1.54) is 14.2 Å². The van der Waals surface area contributed by atoms with Crippen molar-refractivity contribution in [3.63, 3.8) is 0 Å².